The quantitative estimate of drug-likeness (QED) is 0.665. The van der Waals surface area contributed by atoms with E-state index in [0.29, 0.717) is 6.29 Å². The molecule has 1 aromatic heterocycles. The largest absolute Gasteiger partial charge is 0.574 e. The molecule has 1 rings (SSSR count). The molecule has 0 radical (unpaired) electrons. The zero-order valence-corrected chi connectivity index (χ0v) is 8.34. The first-order valence-electron chi connectivity index (χ1n) is 3.86. The van der Waals surface area contributed by atoms with E-state index in [2.05, 4.69) is 9.72 Å². The van der Waals surface area contributed by atoms with Crippen molar-refractivity contribution in [2.75, 3.05) is 0 Å². The smallest absolute Gasteiger partial charge is 0.503 e. The average Bonchev–Trinajstić information content (AvgIpc) is 2.19. The van der Waals surface area contributed by atoms with Crippen molar-refractivity contribution in [2.24, 2.45) is 0 Å². The zero-order chi connectivity index (χ0) is 12.3. The Labute approximate surface area is 92.6 Å². The van der Waals surface area contributed by atoms with Crippen molar-refractivity contribution in [3.8, 4) is 11.6 Å². The number of nitrogens with zero attached hydrogens (tertiary/aromatic N) is 1. The van der Waals surface area contributed by atoms with Crippen LogP contribution >= 0.6 is 11.6 Å². The standard InChI is InChI=1S/C8H5ClF3NO3/c9-1-5-4(3-14)2-13-7(6(5)15)16-8(10,11)12/h2-3,15H,1H2. The van der Waals surface area contributed by atoms with E-state index in [1.165, 1.54) is 0 Å². The van der Waals surface area contributed by atoms with Gasteiger partial charge in [-0.1, -0.05) is 0 Å². The second kappa shape index (κ2) is 4.56. The molecule has 0 fully saturated rings. The van der Waals surface area contributed by atoms with Gasteiger partial charge >= 0.3 is 6.36 Å². The van der Waals surface area contributed by atoms with Gasteiger partial charge in [-0.3, -0.25) is 4.79 Å². The molecule has 0 saturated heterocycles. The molecular weight excluding hydrogens is 251 g/mol. The number of ether oxygens (including phenoxy) is 1. The molecule has 1 aromatic rings. The molecule has 1 heterocycles. The third kappa shape index (κ3) is 2.75. The van der Waals surface area contributed by atoms with Crippen LogP contribution in [-0.2, 0) is 5.88 Å². The molecule has 0 aliphatic carbocycles. The second-order valence-electron chi connectivity index (χ2n) is 2.65. The molecule has 0 spiro atoms. The van der Waals surface area contributed by atoms with Gasteiger partial charge in [-0.15, -0.1) is 24.8 Å². The Morgan fingerprint density at radius 1 is 1.56 bits per heavy atom. The van der Waals surface area contributed by atoms with Crippen molar-refractivity contribution in [1.82, 2.24) is 4.98 Å². The number of aldehydes is 1. The zero-order valence-electron chi connectivity index (χ0n) is 7.58. The second-order valence-corrected chi connectivity index (χ2v) is 2.91. The van der Waals surface area contributed by atoms with E-state index < -0.39 is 18.0 Å². The van der Waals surface area contributed by atoms with Gasteiger partial charge in [-0.05, 0) is 0 Å². The highest BCUT2D eigenvalue weighted by Gasteiger charge is 2.33. The van der Waals surface area contributed by atoms with Crippen LogP contribution in [0.5, 0.6) is 11.6 Å². The van der Waals surface area contributed by atoms with E-state index in [4.69, 9.17) is 11.6 Å². The van der Waals surface area contributed by atoms with Crippen LogP contribution in [0.3, 0.4) is 0 Å². The summed E-state index contributed by atoms with van der Waals surface area (Å²) in [6.07, 6.45) is -3.82. The van der Waals surface area contributed by atoms with Gasteiger partial charge in [0, 0.05) is 17.3 Å². The third-order valence-corrected chi connectivity index (χ3v) is 1.90. The maximum absolute atomic E-state index is 11.9. The summed E-state index contributed by atoms with van der Waals surface area (Å²) in [5.74, 6) is -2.26. The summed E-state index contributed by atoms with van der Waals surface area (Å²) in [6, 6.07) is 0. The van der Waals surface area contributed by atoms with E-state index in [1.54, 1.807) is 0 Å². The van der Waals surface area contributed by atoms with E-state index >= 15 is 0 Å². The predicted octanol–water partition coefficient (Wildman–Crippen LogP) is 2.24. The molecule has 16 heavy (non-hydrogen) atoms. The number of halogens is 4. The fraction of sp³-hybridized carbons (Fsp3) is 0.250. The molecule has 4 nitrogen and oxygen atoms in total. The highest BCUT2D eigenvalue weighted by atomic mass is 35.5. The highest BCUT2D eigenvalue weighted by Crippen LogP contribution is 2.34. The number of aromatic hydroxyl groups is 1. The molecular formula is C8H5ClF3NO3. The monoisotopic (exact) mass is 255 g/mol. The summed E-state index contributed by atoms with van der Waals surface area (Å²) >= 11 is 5.38. The number of carbonyl (C=O) groups excluding carboxylic acids is 1. The molecule has 1 N–H and O–H groups in total. The van der Waals surface area contributed by atoms with Crippen LogP contribution in [0.25, 0.3) is 0 Å². The first-order valence-corrected chi connectivity index (χ1v) is 4.40. The van der Waals surface area contributed by atoms with E-state index in [9.17, 15) is 23.1 Å². The molecule has 8 heteroatoms. The topological polar surface area (TPSA) is 59.4 Å². The number of pyridine rings is 1. The van der Waals surface area contributed by atoms with Gasteiger partial charge in [0.1, 0.15) is 0 Å². The van der Waals surface area contributed by atoms with Crippen molar-refractivity contribution < 1.29 is 27.8 Å². The molecule has 0 atom stereocenters. The molecule has 0 aliphatic rings. The first kappa shape index (κ1) is 12.6. The fourth-order valence-corrected chi connectivity index (χ4v) is 1.24. The van der Waals surface area contributed by atoms with Crippen LogP contribution < -0.4 is 4.74 Å². The average molecular weight is 256 g/mol. The lowest BCUT2D eigenvalue weighted by atomic mass is 10.1. The summed E-state index contributed by atoms with van der Waals surface area (Å²) in [5, 5.41) is 9.33. The lowest BCUT2D eigenvalue weighted by Crippen LogP contribution is -2.18. The normalized spacial score (nSPS) is 11.2. The minimum Gasteiger partial charge on any atom is -0.503 e. The van der Waals surface area contributed by atoms with Gasteiger partial charge < -0.3 is 9.84 Å². The van der Waals surface area contributed by atoms with Crippen molar-refractivity contribution in [2.45, 2.75) is 12.2 Å². The van der Waals surface area contributed by atoms with Gasteiger partial charge in [0.25, 0.3) is 5.88 Å². The Kier molecular flexibility index (Phi) is 3.58. The highest BCUT2D eigenvalue weighted by molar-refractivity contribution is 6.17. The van der Waals surface area contributed by atoms with Crippen LogP contribution in [0.2, 0.25) is 0 Å². The molecule has 0 aliphatic heterocycles. The van der Waals surface area contributed by atoms with Gasteiger partial charge in [0.15, 0.2) is 12.0 Å². The summed E-state index contributed by atoms with van der Waals surface area (Å²) in [4.78, 5) is 13.6. The fourth-order valence-electron chi connectivity index (χ4n) is 0.959. The first-order chi connectivity index (χ1) is 7.39. The Morgan fingerprint density at radius 3 is 2.62 bits per heavy atom. The molecule has 88 valence electrons. The van der Waals surface area contributed by atoms with E-state index in [-0.39, 0.29) is 17.0 Å². The van der Waals surface area contributed by atoms with Crippen LogP contribution in [0.4, 0.5) is 13.2 Å². The summed E-state index contributed by atoms with van der Waals surface area (Å²) < 4.78 is 39.0. The van der Waals surface area contributed by atoms with Crippen LogP contribution in [0.1, 0.15) is 15.9 Å². The molecule has 0 amide bonds. The van der Waals surface area contributed by atoms with Crippen LogP contribution in [0.15, 0.2) is 6.20 Å². The Bertz CT molecular complexity index is 408. The number of hydrogen-bond donors (Lipinski definition) is 1. The van der Waals surface area contributed by atoms with Gasteiger partial charge in [-0.2, -0.15) is 0 Å². The van der Waals surface area contributed by atoms with E-state index in [0.717, 1.165) is 6.20 Å². The van der Waals surface area contributed by atoms with Gasteiger partial charge in [0.05, 0.1) is 5.88 Å². The van der Waals surface area contributed by atoms with Crippen molar-refractivity contribution in [1.29, 1.82) is 0 Å². The third-order valence-electron chi connectivity index (χ3n) is 1.63. The van der Waals surface area contributed by atoms with E-state index in [1.807, 2.05) is 0 Å². The van der Waals surface area contributed by atoms with Crippen molar-refractivity contribution >= 4 is 17.9 Å². The lowest BCUT2D eigenvalue weighted by molar-refractivity contribution is -0.276. The SMILES string of the molecule is O=Cc1cnc(OC(F)(F)F)c(O)c1CCl. The number of hydrogen-bond acceptors (Lipinski definition) is 4. The lowest BCUT2D eigenvalue weighted by Gasteiger charge is -2.11. The summed E-state index contributed by atoms with van der Waals surface area (Å²) in [5.41, 5.74) is -0.257. The number of rotatable bonds is 3. The maximum atomic E-state index is 11.9. The Morgan fingerprint density at radius 2 is 2.19 bits per heavy atom. The van der Waals surface area contributed by atoms with Crippen molar-refractivity contribution in [3.63, 3.8) is 0 Å². The van der Waals surface area contributed by atoms with Crippen LogP contribution in [-0.4, -0.2) is 22.7 Å². The number of carbonyl (C=O) groups is 1. The Balaban J connectivity index is 3.19. The predicted molar refractivity (Wildman–Crippen MR) is 47.5 cm³/mol. The van der Waals surface area contributed by atoms with Gasteiger partial charge in [0.2, 0.25) is 0 Å². The molecule has 0 unspecified atom stereocenters. The molecule has 0 bridgehead atoms. The number of aromatic nitrogens is 1. The van der Waals surface area contributed by atoms with Crippen LogP contribution in [0, 0.1) is 0 Å². The summed E-state index contributed by atoms with van der Waals surface area (Å²) in [7, 11) is 0. The van der Waals surface area contributed by atoms with Gasteiger partial charge in [-0.25, -0.2) is 4.98 Å². The Hall–Kier alpha value is -1.50. The minimum atomic E-state index is -4.98. The minimum absolute atomic E-state index is 0.0953. The maximum Gasteiger partial charge on any atom is 0.574 e. The van der Waals surface area contributed by atoms with Crippen molar-refractivity contribution in [3.05, 3.63) is 17.3 Å². The number of alkyl halides is 4. The summed E-state index contributed by atoms with van der Waals surface area (Å²) in [6.45, 7) is 0. The molecule has 0 aromatic carbocycles. The molecule has 0 saturated carbocycles.